The maximum Gasteiger partial charge on any atom is 0.163 e. The summed E-state index contributed by atoms with van der Waals surface area (Å²) in [6.07, 6.45) is 0.950. The van der Waals surface area contributed by atoms with E-state index in [2.05, 4.69) is 27.7 Å². The highest BCUT2D eigenvalue weighted by Gasteiger charge is 2.21. The van der Waals surface area contributed by atoms with Crippen LogP contribution in [0.2, 0.25) is 0 Å². The van der Waals surface area contributed by atoms with Crippen LogP contribution in [0.1, 0.15) is 24.3 Å². The number of rotatable bonds is 4. The Kier molecular flexibility index (Phi) is 4.05. The monoisotopic (exact) mass is 364 g/mol. The van der Waals surface area contributed by atoms with Crippen molar-refractivity contribution in [2.24, 2.45) is 0 Å². The molecule has 4 nitrogen and oxygen atoms in total. The van der Waals surface area contributed by atoms with Gasteiger partial charge in [-0.1, -0.05) is 0 Å². The van der Waals surface area contributed by atoms with Crippen LogP contribution < -0.4 is 4.74 Å². The third kappa shape index (κ3) is 2.48. The smallest absolute Gasteiger partial charge is 0.163 e. The van der Waals surface area contributed by atoms with Gasteiger partial charge >= 0.3 is 0 Å². The Balaban J connectivity index is 2.41. The summed E-state index contributed by atoms with van der Waals surface area (Å²) >= 11 is 3.85. The van der Waals surface area contributed by atoms with Crippen LogP contribution >= 0.6 is 33.9 Å². The molecule has 0 amide bonds. The molecule has 0 aliphatic carbocycles. The van der Waals surface area contributed by atoms with Crippen molar-refractivity contribution in [1.82, 2.24) is 9.78 Å². The van der Waals surface area contributed by atoms with Gasteiger partial charge in [-0.25, -0.2) is 0 Å². The summed E-state index contributed by atoms with van der Waals surface area (Å²) in [6, 6.07) is 1.97. The van der Waals surface area contributed by atoms with Crippen molar-refractivity contribution in [3.63, 3.8) is 0 Å². The molecule has 0 radical (unpaired) electrons. The first-order valence-corrected chi connectivity index (χ1v) is 7.14. The van der Waals surface area contributed by atoms with E-state index in [-0.39, 0.29) is 0 Å². The Hall–Kier alpha value is -0.600. The average molecular weight is 364 g/mol. The molecule has 2 rings (SSSR count). The number of thiophene rings is 1. The highest BCUT2D eigenvalue weighted by atomic mass is 127. The largest absolute Gasteiger partial charge is 0.493 e. The SMILES string of the molecule is CCn1ncc(OC)c1C(O)c1csc(I)c1. The van der Waals surface area contributed by atoms with Crippen LogP contribution in [-0.4, -0.2) is 22.0 Å². The van der Waals surface area contributed by atoms with Crippen LogP contribution in [0, 0.1) is 2.88 Å². The highest BCUT2D eigenvalue weighted by molar-refractivity contribution is 14.1. The molecule has 92 valence electrons. The van der Waals surface area contributed by atoms with Crippen LogP contribution in [0.3, 0.4) is 0 Å². The van der Waals surface area contributed by atoms with Gasteiger partial charge in [-0.3, -0.25) is 4.68 Å². The molecule has 0 aromatic carbocycles. The number of aliphatic hydroxyl groups is 1. The van der Waals surface area contributed by atoms with Gasteiger partial charge in [0.05, 0.1) is 16.2 Å². The molecule has 0 fully saturated rings. The summed E-state index contributed by atoms with van der Waals surface area (Å²) in [5, 5.41) is 16.5. The van der Waals surface area contributed by atoms with E-state index in [0.717, 1.165) is 8.45 Å². The molecule has 0 saturated heterocycles. The fourth-order valence-electron chi connectivity index (χ4n) is 1.69. The predicted molar refractivity (Wildman–Crippen MR) is 75.6 cm³/mol. The minimum absolute atomic E-state index is 0.626. The van der Waals surface area contributed by atoms with Crippen molar-refractivity contribution in [1.29, 1.82) is 0 Å². The van der Waals surface area contributed by atoms with Gasteiger partial charge in [0, 0.05) is 6.54 Å². The second-order valence-corrected chi connectivity index (χ2v) is 6.31. The minimum Gasteiger partial charge on any atom is -0.493 e. The molecule has 0 bridgehead atoms. The molecule has 0 spiro atoms. The van der Waals surface area contributed by atoms with Crippen molar-refractivity contribution < 1.29 is 9.84 Å². The summed E-state index contributed by atoms with van der Waals surface area (Å²) in [5.41, 5.74) is 1.59. The van der Waals surface area contributed by atoms with Crippen LogP contribution in [0.5, 0.6) is 5.75 Å². The lowest BCUT2D eigenvalue weighted by atomic mass is 10.1. The quantitative estimate of drug-likeness (QED) is 0.849. The van der Waals surface area contributed by atoms with Crippen molar-refractivity contribution in [3.8, 4) is 5.75 Å². The summed E-state index contributed by atoms with van der Waals surface area (Å²) in [6.45, 7) is 2.69. The number of ether oxygens (including phenoxy) is 1. The van der Waals surface area contributed by atoms with E-state index in [1.807, 2.05) is 18.4 Å². The second kappa shape index (κ2) is 5.36. The molecule has 0 aliphatic rings. The van der Waals surface area contributed by atoms with E-state index in [4.69, 9.17) is 4.74 Å². The van der Waals surface area contributed by atoms with Crippen molar-refractivity contribution in [2.45, 2.75) is 19.6 Å². The van der Waals surface area contributed by atoms with Gasteiger partial charge in [0.1, 0.15) is 11.8 Å². The Morgan fingerprint density at radius 3 is 2.94 bits per heavy atom. The van der Waals surface area contributed by atoms with E-state index < -0.39 is 6.10 Å². The maximum absolute atomic E-state index is 10.4. The number of hydrogen-bond acceptors (Lipinski definition) is 4. The lowest BCUT2D eigenvalue weighted by Gasteiger charge is -2.12. The topological polar surface area (TPSA) is 47.3 Å². The van der Waals surface area contributed by atoms with Crippen molar-refractivity contribution >= 4 is 33.9 Å². The Morgan fingerprint density at radius 1 is 1.65 bits per heavy atom. The van der Waals surface area contributed by atoms with Gasteiger partial charge in [-0.2, -0.15) is 5.10 Å². The summed E-state index contributed by atoms with van der Waals surface area (Å²) < 4.78 is 8.14. The third-order valence-corrected chi connectivity index (χ3v) is 4.33. The van der Waals surface area contributed by atoms with Crippen LogP contribution in [0.25, 0.3) is 0 Å². The molecule has 0 aliphatic heterocycles. The van der Waals surface area contributed by atoms with Crippen molar-refractivity contribution in [2.75, 3.05) is 7.11 Å². The third-order valence-electron chi connectivity index (χ3n) is 2.53. The first kappa shape index (κ1) is 12.8. The number of halogens is 1. The summed E-state index contributed by atoms with van der Waals surface area (Å²) in [5.74, 6) is 0.626. The number of hydrogen-bond donors (Lipinski definition) is 1. The Bertz CT molecular complexity index is 488. The molecule has 6 heteroatoms. The fraction of sp³-hybridized carbons (Fsp3) is 0.364. The lowest BCUT2D eigenvalue weighted by Crippen LogP contribution is -2.09. The average Bonchev–Trinajstić information content (AvgIpc) is 2.93. The van der Waals surface area contributed by atoms with Crippen molar-refractivity contribution in [3.05, 3.63) is 31.8 Å². The van der Waals surface area contributed by atoms with E-state index >= 15 is 0 Å². The Labute approximate surface area is 117 Å². The van der Waals surface area contributed by atoms with Crippen LogP contribution in [-0.2, 0) is 6.54 Å². The van der Waals surface area contributed by atoms with Crippen LogP contribution in [0.15, 0.2) is 17.6 Å². The maximum atomic E-state index is 10.4. The molecule has 1 atom stereocenters. The lowest BCUT2D eigenvalue weighted by molar-refractivity contribution is 0.203. The predicted octanol–water partition coefficient (Wildman–Crippen LogP) is 2.66. The Morgan fingerprint density at radius 2 is 2.41 bits per heavy atom. The number of aliphatic hydroxyl groups excluding tert-OH is 1. The zero-order chi connectivity index (χ0) is 12.4. The fourth-order valence-corrected chi connectivity index (χ4v) is 3.08. The first-order chi connectivity index (χ1) is 8.17. The van der Waals surface area contributed by atoms with Crippen LogP contribution in [0.4, 0.5) is 0 Å². The number of nitrogens with zero attached hydrogens (tertiary/aromatic N) is 2. The molecule has 1 unspecified atom stereocenters. The van der Waals surface area contributed by atoms with Gasteiger partial charge in [-0.15, -0.1) is 11.3 Å². The molecule has 1 N–H and O–H groups in total. The van der Waals surface area contributed by atoms with E-state index in [0.29, 0.717) is 18.0 Å². The van der Waals surface area contributed by atoms with Gasteiger partial charge in [0.25, 0.3) is 0 Å². The zero-order valence-corrected chi connectivity index (χ0v) is 12.5. The van der Waals surface area contributed by atoms with Gasteiger partial charge in [-0.05, 0) is 46.5 Å². The van der Waals surface area contributed by atoms with E-state index in [9.17, 15) is 5.11 Å². The zero-order valence-electron chi connectivity index (χ0n) is 9.55. The van der Waals surface area contributed by atoms with Gasteiger partial charge in [0.15, 0.2) is 5.75 Å². The standard InChI is InChI=1S/C11H13IN2O2S/c1-3-14-10(8(16-2)5-13-14)11(15)7-4-9(12)17-6-7/h4-6,11,15H,3H2,1-2H3. The first-order valence-electron chi connectivity index (χ1n) is 5.19. The molecule has 17 heavy (non-hydrogen) atoms. The van der Waals surface area contributed by atoms with E-state index in [1.54, 1.807) is 29.3 Å². The number of aromatic nitrogens is 2. The normalized spacial score (nSPS) is 12.7. The molecule has 2 heterocycles. The van der Waals surface area contributed by atoms with Gasteiger partial charge in [0.2, 0.25) is 0 Å². The number of methoxy groups -OCH3 is 1. The molecule has 2 aromatic rings. The molecular weight excluding hydrogens is 351 g/mol. The van der Waals surface area contributed by atoms with Gasteiger partial charge < -0.3 is 9.84 Å². The molecule has 2 aromatic heterocycles. The highest BCUT2D eigenvalue weighted by Crippen LogP contribution is 2.32. The van der Waals surface area contributed by atoms with E-state index in [1.165, 1.54) is 0 Å². The summed E-state index contributed by atoms with van der Waals surface area (Å²) in [4.78, 5) is 0. The molecular formula is C11H13IN2O2S. The minimum atomic E-state index is -0.688. The second-order valence-electron chi connectivity index (χ2n) is 3.50. The molecule has 0 saturated carbocycles. The summed E-state index contributed by atoms with van der Waals surface area (Å²) in [7, 11) is 1.59. The number of aryl methyl sites for hydroxylation is 1.